The summed E-state index contributed by atoms with van der Waals surface area (Å²) in [6.07, 6.45) is -7.84. The maximum atomic E-state index is 11.3. The number of carbonyl (C=O) groups excluding carboxylic acids is 2. The van der Waals surface area contributed by atoms with Crippen molar-refractivity contribution in [1.29, 1.82) is 0 Å². The van der Waals surface area contributed by atoms with Gasteiger partial charge in [-0.15, -0.1) is 0 Å². The predicted molar refractivity (Wildman–Crippen MR) is 59.1 cm³/mol. The molecule has 0 aliphatic rings. The van der Waals surface area contributed by atoms with E-state index in [1.165, 1.54) is 6.92 Å². The molecule has 6 N–H and O–H groups in total. The van der Waals surface area contributed by atoms with Crippen LogP contribution in [-0.4, -0.2) is 68.4 Å². The molecular weight excluding hydrogens is 246 g/mol. The first-order valence-corrected chi connectivity index (χ1v) is 5.06. The van der Waals surface area contributed by atoms with Gasteiger partial charge in [0.1, 0.15) is 18.3 Å². The second-order valence-electron chi connectivity index (χ2n) is 3.77. The van der Waals surface area contributed by atoms with Crippen LogP contribution in [-0.2, 0) is 9.59 Å². The Morgan fingerprint density at radius 1 is 1.17 bits per heavy atom. The molecule has 0 aromatic heterocycles. The topological polar surface area (TPSA) is 147 Å². The summed E-state index contributed by atoms with van der Waals surface area (Å²) in [6, 6.07) is 0. The summed E-state index contributed by atoms with van der Waals surface area (Å²) in [5.74, 6) is -2.09. The summed E-state index contributed by atoms with van der Waals surface area (Å²) >= 11 is 0. The van der Waals surface area contributed by atoms with Crippen molar-refractivity contribution in [2.45, 2.75) is 31.3 Å². The Labute approximate surface area is 103 Å². The van der Waals surface area contributed by atoms with Gasteiger partial charge in [-0.3, -0.25) is 14.9 Å². The minimum atomic E-state index is -2.13. The van der Waals surface area contributed by atoms with Crippen LogP contribution in [0.25, 0.3) is 0 Å². The van der Waals surface area contributed by atoms with Gasteiger partial charge in [-0.05, 0) is 6.92 Å². The number of rotatable bonds is 6. The molecule has 0 radical (unpaired) electrons. The third kappa shape index (κ3) is 4.51. The molecule has 0 aromatic carbocycles. The van der Waals surface area contributed by atoms with E-state index in [4.69, 9.17) is 10.2 Å². The maximum Gasteiger partial charge on any atom is 0.258 e. The molecule has 8 nitrogen and oxygen atoms in total. The average molecular weight is 263 g/mol. The van der Waals surface area contributed by atoms with Gasteiger partial charge < -0.3 is 25.5 Å². The lowest BCUT2D eigenvalue weighted by atomic mass is 10.0. The number of nitrogens with one attached hydrogen (secondary N) is 1. The number of amides is 2. The van der Waals surface area contributed by atoms with Crippen molar-refractivity contribution in [3.63, 3.8) is 0 Å². The van der Waals surface area contributed by atoms with E-state index in [0.717, 1.165) is 0 Å². The normalized spacial score (nSPS) is 17.4. The third-order valence-corrected chi connectivity index (χ3v) is 2.15. The maximum absolute atomic E-state index is 11.3. The Hall–Kier alpha value is -1.32. The standard InChI is InChI=1S/C10H17NO7/c1-4(2)9(17)11-10(18)8(16)7(15)6(14)5(13)3-12/h5-8,12-16H,1,3H2,2H3,(H,11,17,18)/t5-,6+,7+,8-/m1/s1. The van der Waals surface area contributed by atoms with Gasteiger partial charge in [0.15, 0.2) is 6.10 Å². The van der Waals surface area contributed by atoms with Crippen LogP contribution in [0, 0.1) is 0 Å². The summed E-state index contributed by atoms with van der Waals surface area (Å²) < 4.78 is 0. The lowest BCUT2D eigenvalue weighted by molar-refractivity contribution is -0.150. The minimum absolute atomic E-state index is 0.0148. The first kappa shape index (κ1) is 16.7. The number of hydrogen-bond donors (Lipinski definition) is 6. The summed E-state index contributed by atoms with van der Waals surface area (Å²) in [5, 5.41) is 47.2. The molecule has 0 saturated carbocycles. The molecule has 0 bridgehead atoms. The molecule has 104 valence electrons. The zero-order chi connectivity index (χ0) is 14.5. The van der Waals surface area contributed by atoms with Gasteiger partial charge in [-0.1, -0.05) is 6.58 Å². The van der Waals surface area contributed by atoms with Crippen LogP contribution in [0.2, 0.25) is 0 Å². The molecular formula is C10H17NO7. The van der Waals surface area contributed by atoms with Crippen molar-refractivity contribution in [1.82, 2.24) is 5.32 Å². The molecule has 0 heterocycles. The van der Waals surface area contributed by atoms with Gasteiger partial charge in [0.05, 0.1) is 6.61 Å². The Kier molecular flexibility index (Phi) is 6.66. The lowest BCUT2D eigenvalue weighted by Crippen LogP contribution is -2.52. The first-order chi connectivity index (χ1) is 8.22. The van der Waals surface area contributed by atoms with Crippen molar-refractivity contribution in [3.8, 4) is 0 Å². The van der Waals surface area contributed by atoms with Gasteiger partial charge in [0.2, 0.25) is 0 Å². The van der Waals surface area contributed by atoms with E-state index in [1.54, 1.807) is 5.32 Å². The van der Waals surface area contributed by atoms with Crippen LogP contribution < -0.4 is 5.32 Å². The Bertz CT molecular complexity index is 330. The number of imide groups is 1. The monoisotopic (exact) mass is 263 g/mol. The largest absolute Gasteiger partial charge is 0.394 e. The van der Waals surface area contributed by atoms with Crippen molar-refractivity contribution in [2.75, 3.05) is 6.61 Å². The van der Waals surface area contributed by atoms with E-state index < -0.39 is 42.8 Å². The molecule has 18 heavy (non-hydrogen) atoms. The second kappa shape index (κ2) is 7.19. The Balaban J connectivity index is 4.54. The molecule has 0 aliphatic carbocycles. The van der Waals surface area contributed by atoms with Crippen LogP contribution in [0.1, 0.15) is 6.92 Å². The molecule has 0 aromatic rings. The van der Waals surface area contributed by atoms with E-state index in [9.17, 15) is 24.9 Å². The van der Waals surface area contributed by atoms with E-state index in [-0.39, 0.29) is 5.57 Å². The highest BCUT2D eigenvalue weighted by Gasteiger charge is 2.34. The SMILES string of the molecule is C=C(C)C(=O)NC(=O)[C@H](O)[C@@H](O)[C@@H](O)[C@H](O)CO. The zero-order valence-electron chi connectivity index (χ0n) is 9.78. The fraction of sp³-hybridized carbons (Fsp3) is 0.600. The number of carbonyl (C=O) groups is 2. The van der Waals surface area contributed by atoms with Crippen molar-refractivity contribution < 1.29 is 35.1 Å². The van der Waals surface area contributed by atoms with Gasteiger partial charge in [-0.2, -0.15) is 0 Å². The molecule has 0 unspecified atom stereocenters. The van der Waals surface area contributed by atoms with Crippen LogP contribution in [0.3, 0.4) is 0 Å². The van der Waals surface area contributed by atoms with Gasteiger partial charge in [-0.25, -0.2) is 0 Å². The summed E-state index contributed by atoms with van der Waals surface area (Å²) in [7, 11) is 0. The second-order valence-corrected chi connectivity index (χ2v) is 3.77. The molecule has 0 spiro atoms. The number of aliphatic hydroxyl groups excluding tert-OH is 5. The molecule has 0 aliphatic heterocycles. The van der Waals surface area contributed by atoms with Crippen LogP contribution in [0.5, 0.6) is 0 Å². The van der Waals surface area contributed by atoms with E-state index >= 15 is 0 Å². The average Bonchev–Trinajstić information content (AvgIpc) is 2.34. The van der Waals surface area contributed by atoms with Gasteiger partial charge >= 0.3 is 0 Å². The summed E-state index contributed by atoms with van der Waals surface area (Å²) in [4.78, 5) is 22.3. The Morgan fingerprint density at radius 3 is 2.06 bits per heavy atom. The lowest BCUT2D eigenvalue weighted by Gasteiger charge is -2.24. The fourth-order valence-corrected chi connectivity index (χ4v) is 0.970. The third-order valence-electron chi connectivity index (χ3n) is 2.15. The van der Waals surface area contributed by atoms with Gasteiger partial charge in [0.25, 0.3) is 11.8 Å². The first-order valence-electron chi connectivity index (χ1n) is 5.06. The molecule has 2 amide bonds. The molecule has 4 atom stereocenters. The summed E-state index contributed by atoms with van der Waals surface area (Å²) in [6.45, 7) is 3.72. The smallest absolute Gasteiger partial charge is 0.258 e. The van der Waals surface area contributed by atoms with Crippen molar-refractivity contribution >= 4 is 11.8 Å². The van der Waals surface area contributed by atoms with E-state index in [0.29, 0.717) is 0 Å². The molecule has 0 rings (SSSR count). The number of hydrogen-bond acceptors (Lipinski definition) is 7. The quantitative estimate of drug-likeness (QED) is 0.274. The fourth-order valence-electron chi connectivity index (χ4n) is 0.970. The highest BCUT2D eigenvalue weighted by atomic mass is 16.4. The van der Waals surface area contributed by atoms with Crippen LogP contribution in [0.4, 0.5) is 0 Å². The minimum Gasteiger partial charge on any atom is -0.394 e. The van der Waals surface area contributed by atoms with Crippen LogP contribution >= 0.6 is 0 Å². The van der Waals surface area contributed by atoms with Crippen molar-refractivity contribution in [3.05, 3.63) is 12.2 Å². The highest BCUT2D eigenvalue weighted by molar-refractivity contribution is 6.04. The Morgan fingerprint density at radius 2 is 1.67 bits per heavy atom. The number of aliphatic hydroxyl groups is 5. The molecule has 0 saturated heterocycles. The highest BCUT2D eigenvalue weighted by Crippen LogP contribution is 2.05. The van der Waals surface area contributed by atoms with Gasteiger partial charge in [0, 0.05) is 5.57 Å². The van der Waals surface area contributed by atoms with E-state index in [2.05, 4.69) is 6.58 Å². The van der Waals surface area contributed by atoms with Crippen LogP contribution in [0.15, 0.2) is 12.2 Å². The van der Waals surface area contributed by atoms with E-state index in [1.807, 2.05) is 0 Å². The molecule has 0 fully saturated rings. The van der Waals surface area contributed by atoms with Crippen molar-refractivity contribution in [2.24, 2.45) is 0 Å². The summed E-state index contributed by atoms with van der Waals surface area (Å²) in [5.41, 5.74) is 0.0148. The predicted octanol–water partition coefficient (Wildman–Crippen LogP) is -3.36. The zero-order valence-corrected chi connectivity index (χ0v) is 9.78. The molecule has 8 heteroatoms.